The molecule has 0 amide bonds. The summed E-state index contributed by atoms with van der Waals surface area (Å²) in [6.45, 7) is 2.09. The Bertz CT molecular complexity index is 640. The summed E-state index contributed by atoms with van der Waals surface area (Å²) >= 11 is 0. The molecule has 1 aromatic carbocycles. The van der Waals surface area contributed by atoms with E-state index in [4.69, 9.17) is 0 Å². The number of rotatable bonds is 1. The summed E-state index contributed by atoms with van der Waals surface area (Å²) < 4.78 is 0. The van der Waals surface area contributed by atoms with E-state index in [9.17, 15) is 0 Å². The van der Waals surface area contributed by atoms with Gasteiger partial charge >= 0.3 is 0 Å². The molecule has 16 heavy (non-hydrogen) atoms. The summed E-state index contributed by atoms with van der Waals surface area (Å²) in [7, 11) is 0. The lowest BCUT2D eigenvalue weighted by Crippen LogP contribution is -1.82. The van der Waals surface area contributed by atoms with Gasteiger partial charge in [-0.3, -0.25) is 0 Å². The number of imidazole rings is 1. The molecule has 0 saturated carbocycles. The van der Waals surface area contributed by atoms with Gasteiger partial charge in [-0.2, -0.15) is 0 Å². The Balaban J connectivity index is 2.18. The van der Waals surface area contributed by atoms with Crippen LogP contribution in [0.1, 0.15) is 5.56 Å². The van der Waals surface area contributed by atoms with E-state index < -0.39 is 0 Å². The van der Waals surface area contributed by atoms with Crippen LogP contribution in [0.4, 0.5) is 0 Å². The second kappa shape index (κ2) is 3.45. The predicted molar refractivity (Wildman–Crippen MR) is 64.1 cm³/mol. The van der Waals surface area contributed by atoms with Gasteiger partial charge in [0.15, 0.2) is 5.65 Å². The molecule has 0 aliphatic heterocycles. The lowest BCUT2D eigenvalue weighted by Gasteiger charge is -2.02. The van der Waals surface area contributed by atoms with Crippen LogP contribution in [0.15, 0.2) is 42.9 Å². The Kier molecular flexibility index (Phi) is 1.96. The van der Waals surface area contributed by atoms with Crippen molar-refractivity contribution in [2.24, 2.45) is 0 Å². The molecule has 3 aromatic rings. The minimum Gasteiger partial charge on any atom is -0.343 e. The first kappa shape index (κ1) is 9.09. The third kappa shape index (κ3) is 1.46. The molecule has 2 aromatic heterocycles. The standard InChI is InChI=1S/C13H11N3/c1-9-3-2-4-10(5-9)11-6-12-13(14-7-11)16-8-15-12/h2-8H,1H3,(H,14,15,16). The van der Waals surface area contributed by atoms with Crippen molar-refractivity contribution >= 4 is 11.2 Å². The van der Waals surface area contributed by atoms with Crippen LogP contribution in [0, 0.1) is 6.92 Å². The zero-order valence-corrected chi connectivity index (χ0v) is 8.94. The van der Waals surface area contributed by atoms with Gasteiger partial charge in [0.2, 0.25) is 0 Å². The summed E-state index contributed by atoms with van der Waals surface area (Å²) in [4.78, 5) is 11.5. The van der Waals surface area contributed by atoms with Gasteiger partial charge in [0, 0.05) is 11.8 Å². The zero-order valence-electron chi connectivity index (χ0n) is 8.94. The summed E-state index contributed by atoms with van der Waals surface area (Å²) in [5.74, 6) is 0. The largest absolute Gasteiger partial charge is 0.343 e. The summed E-state index contributed by atoms with van der Waals surface area (Å²) in [6, 6.07) is 10.5. The Morgan fingerprint density at radius 2 is 2.00 bits per heavy atom. The highest BCUT2D eigenvalue weighted by atomic mass is 14.9. The third-order valence-electron chi connectivity index (χ3n) is 2.62. The fraction of sp³-hybridized carbons (Fsp3) is 0.0769. The zero-order chi connectivity index (χ0) is 11.0. The monoisotopic (exact) mass is 209 g/mol. The van der Waals surface area contributed by atoms with E-state index >= 15 is 0 Å². The number of aromatic amines is 1. The molecule has 0 spiro atoms. The van der Waals surface area contributed by atoms with Gasteiger partial charge in [-0.25, -0.2) is 9.97 Å². The summed E-state index contributed by atoms with van der Waals surface area (Å²) in [5, 5.41) is 0. The fourth-order valence-electron chi connectivity index (χ4n) is 1.81. The first-order chi connectivity index (χ1) is 7.83. The van der Waals surface area contributed by atoms with Crippen LogP contribution in [0.2, 0.25) is 0 Å². The van der Waals surface area contributed by atoms with Crippen LogP contribution in [0.3, 0.4) is 0 Å². The van der Waals surface area contributed by atoms with Crippen molar-refractivity contribution in [3.05, 3.63) is 48.4 Å². The van der Waals surface area contributed by atoms with Gasteiger partial charge in [-0.05, 0) is 18.6 Å². The van der Waals surface area contributed by atoms with Crippen LogP contribution >= 0.6 is 0 Å². The van der Waals surface area contributed by atoms with E-state index in [0.717, 1.165) is 16.7 Å². The van der Waals surface area contributed by atoms with Crippen LogP contribution < -0.4 is 0 Å². The highest BCUT2D eigenvalue weighted by Crippen LogP contribution is 2.21. The van der Waals surface area contributed by atoms with Crippen molar-refractivity contribution in [2.45, 2.75) is 6.92 Å². The van der Waals surface area contributed by atoms with E-state index in [-0.39, 0.29) is 0 Å². The van der Waals surface area contributed by atoms with E-state index in [0.29, 0.717) is 0 Å². The Morgan fingerprint density at radius 3 is 2.88 bits per heavy atom. The first-order valence-corrected chi connectivity index (χ1v) is 5.19. The van der Waals surface area contributed by atoms with Crippen molar-refractivity contribution in [1.82, 2.24) is 15.0 Å². The molecule has 3 heteroatoms. The quantitative estimate of drug-likeness (QED) is 0.669. The maximum atomic E-state index is 4.30. The SMILES string of the molecule is Cc1cccc(-c2cnc3nc[nH]c3c2)c1. The maximum Gasteiger partial charge on any atom is 0.177 e. The highest BCUT2D eigenvalue weighted by Gasteiger charge is 2.02. The van der Waals surface area contributed by atoms with E-state index in [2.05, 4.69) is 52.2 Å². The molecule has 0 bridgehead atoms. The second-order valence-corrected chi connectivity index (χ2v) is 3.87. The molecule has 0 radical (unpaired) electrons. The average molecular weight is 209 g/mol. The van der Waals surface area contributed by atoms with E-state index in [1.165, 1.54) is 11.1 Å². The smallest absolute Gasteiger partial charge is 0.177 e. The molecule has 78 valence electrons. The number of aryl methyl sites for hydroxylation is 1. The number of pyridine rings is 1. The van der Waals surface area contributed by atoms with Crippen molar-refractivity contribution in [2.75, 3.05) is 0 Å². The maximum absolute atomic E-state index is 4.30. The molecule has 2 heterocycles. The summed E-state index contributed by atoms with van der Waals surface area (Å²) in [6.07, 6.45) is 3.52. The van der Waals surface area contributed by atoms with Crippen molar-refractivity contribution in [3.8, 4) is 11.1 Å². The molecular weight excluding hydrogens is 198 g/mol. The topological polar surface area (TPSA) is 41.6 Å². The van der Waals surface area contributed by atoms with Gasteiger partial charge in [0.25, 0.3) is 0 Å². The molecule has 3 nitrogen and oxygen atoms in total. The Morgan fingerprint density at radius 1 is 1.06 bits per heavy atom. The number of aromatic nitrogens is 3. The van der Waals surface area contributed by atoms with Gasteiger partial charge in [-0.15, -0.1) is 0 Å². The lowest BCUT2D eigenvalue weighted by molar-refractivity contribution is 1.30. The van der Waals surface area contributed by atoms with Gasteiger partial charge in [-0.1, -0.05) is 29.8 Å². The van der Waals surface area contributed by atoms with Gasteiger partial charge < -0.3 is 4.98 Å². The molecule has 0 atom stereocenters. The minimum absolute atomic E-state index is 0.761. The second-order valence-electron chi connectivity index (χ2n) is 3.87. The van der Waals surface area contributed by atoms with Gasteiger partial charge in [0.05, 0.1) is 11.8 Å². The number of fused-ring (bicyclic) bond motifs is 1. The molecule has 1 N–H and O–H groups in total. The molecule has 3 rings (SSSR count). The van der Waals surface area contributed by atoms with E-state index in [1.807, 2.05) is 6.20 Å². The van der Waals surface area contributed by atoms with Crippen LogP contribution in [-0.2, 0) is 0 Å². The molecular formula is C13H11N3. The lowest BCUT2D eigenvalue weighted by atomic mass is 10.1. The minimum atomic E-state index is 0.761. The van der Waals surface area contributed by atoms with Crippen LogP contribution in [0.25, 0.3) is 22.3 Å². The van der Waals surface area contributed by atoms with Crippen molar-refractivity contribution in [1.29, 1.82) is 0 Å². The van der Waals surface area contributed by atoms with Crippen LogP contribution in [0.5, 0.6) is 0 Å². The van der Waals surface area contributed by atoms with Gasteiger partial charge in [0.1, 0.15) is 0 Å². The average Bonchev–Trinajstić information content (AvgIpc) is 2.75. The Labute approximate surface area is 93.2 Å². The van der Waals surface area contributed by atoms with Crippen molar-refractivity contribution in [3.63, 3.8) is 0 Å². The number of hydrogen-bond acceptors (Lipinski definition) is 2. The fourth-order valence-corrected chi connectivity index (χ4v) is 1.81. The molecule has 0 aliphatic carbocycles. The normalized spacial score (nSPS) is 10.8. The van der Waals surface area contributed by atoms with Crippen LogP contribution in [-0.4, -0.2) is 15.0 Å². The number of H-pyrrole nitrogens is 1. The third-order valence-corrected chi connectivity index (χ3v) is 2.62. The predicted octanol–water partition coefficient (Wildman–Crippen LogP) is 2.93. The summed E-state index contributed by atoms with van der Waals surface area (Å²) in [5.41, 5.74) is 5.28. The number of hydrogen-bond donors (Lipinski definition) is 1. The molecule has 0 fully saturated rings. The van der Waals surface area contributed by atoms with E-state index in [1.54, 1.807) is 6.33 Å². The number of benzene rings is 1. The molecule has 0 unspecified atom stereocenters. The highest BCUT2D eigenvalue weighted by molar-refractivity contribution is 5.77. The molecule has 0 saturated heterocycles. The first-order valence-electron chi connectivity index (χ1n) is 5.19. The Hall–Kier alpha value is -2.16. The molecule has 0 aliphatic rings. The van der Waals surface area contributed by atoms with Crippen molar-refractivity contribution < 1.29 is 0 Å². The number of nitrogens with zero attached hydrogens (tertiary/aromatic N) is 2. The number of nitrogens with one attached hydrogen (secondary N) is 1.